The normalized spacial score (nSPS) is 13.4. The maximum absolute atomic E-state index is 11.6. The van der Waals surface area contributed by atoms with Crippen molar-refractivity contribution in [1.29, 1.82) is 0 Å². The monoisotopic (exact) mass is 428 g/mol. The van der Waals surface area contributed by atoms with E-state index in [1.807, 2.05) is 0 Å². The molecule has 30 heavy (non-hydrogen) atoms. The van der Waals surface area contributed by atoms with Gasteiger partial charge in [-0.15, -0.1) is 0 Å². The molecule has 9 nitrogen and oxygen atoms in total. The summed E-state index contributed by atoms with van der Waals surface area (Å²) in [6.45, 7) is 6.39. The third-order valence-electron chi connectivity index (χ3n) is 4.30. The predicted octanol–water partition coefficient (Wildman–Crippen LogP) is 1.06. The molecule has 0 atom stereocenters. The van der Waals surface area contributed by atoms with Gasteiger partial charge in [0.2, 0.25) is 5.91 Å². The van der Waals surface area contributed by atoms with Crippen LogP contribution in [0.1, 0.15) is 39.0 Å². The molecule has 0 aromatic carbocycles. The summed E-state index contributed by atoms with van der Waals surface area (Å²) in [6, 6.07) is 0. The molecule has 3 amide bonds. The highest BCUT2D eigenvalue weighted by Gasteiger charge is 2.22. The van der Waals surface area contributed by atoms with E-state index in [2.05, 4.69) is 12.2 Å². The van der Waals surface area contributed by atoms with Gasteiger partial charge in [0.1, 0.15) is 0 Å². The lowest BCUT2D eigenvalue weighted by atomic mass is 10.2. The molecule has 1 rings (SSSR count). The van der Waals surface area contributed by atoms with Gasteiger partial charge in [-0.25, -0.2) is 0 Å². The molecule has 0 aliphatic carbocycles. The number of imide groups is 1. The molecular formula is C21H36N2O7. The average molecular weight is 429 g/mol. The van der Waals surface area contributed by atoms with E-state index in [1.165, 1.54) is 25.0 Å². The van der Waals surface area contributed by atoms with Crippen molar-refractivity contribution < 1.29 is 33.3 Å². The second-order valence-corrected chi connectivity index (χ2v) is 6.77. The van der Waals surface area contributed by atoms with Gasteiger partial charge < -0.3 is 24.3 Å². The largest absolute Gasteiger partial charge is 0.379 e. The number of carbonyl (C=O) groups is 3. The highest BCUT2D eigenvalue weighted by atomic mass is 16.6. The smallest absolute Gasteiger partial charge is 0.253 e. The Morgan fingerprint density at radius 2 is 1.33 bits per heavy atom. The van der Waals surface area contributed by atoms with Crippen LogP contribution in [0.5, 0.6) is 0 Å². The number of ether oxygens (including phenoxy) is 4. The molecule has 172 valence electrons. The van der Waals surface area contributed by atoms with Crippen LogP contribution in [0, 0.1) is 0 Å². The van der Waals surface area contributed by atoms with Gasteiger partial charge in [-0.05, 0) is 6.42 Å². The van der Waals surface area contributed by atoms with Crippen LogP contribution in [-0.2, 0) is 33.3 Å². The van der Waals surface area contributed by atoms with Gasteiger partial charge in [-0.3, -0.25) is 19.3 Å². The Kier molecular flexibility index (Phi) is 15.7. The molecule has 0 aromatic rings. The molecule has 1 aliphatic heterocycles. The highest BCUT2D eigenvalue weighted by Crippen LogP contribution is 2.02. The summed E-state index contributed by atoms with van der Waals surface area (Å²) >= 11 is 0. The Hall–Kier alpha value is -1.81. The van der Waals surface area contributed by atoms with Gasteiger partial charge in [0.25, 0.3) is 11.8 Å². The first-order chi connectivity index (χ1) is 14.6. The number of amides is 3. The number of rotatable bonds is 20. The summed E-state index contributed by atoms with van der Waals surface area (Å²) in [5.41, 5.74) is 0. The van der Waals surface area contributed by atoms with E-state index in [9.17, 15) is 14.4 Å². The summed E-state index contributed by atoms with van der Waals surface area (Å²) in [5, 5.41) is 2.89. The molecule has 0 bridgehead atoms. The van der Waals surface area contributed by atoms with Crippen LogP contribution in [0.2, 0.25) is 0 Å². The predicted molar refractivity (Wildman–Crippen MR) is 111 cm³/mol. The first-order valence-corrected chi connectivity index (χ1v) is 10.8. The van der Waals surface area contributed by atoms with Gasteiger partial charge in [-0.1, -0.05) is 26.2 Å². The fourth-order valence-corrected chi connectivity index (χ4v) is 2.60. The van der Waals surface area contributed by atoms with Crippen molar-refractivity contribution in [3.05, 3.63) is 12.2 Å². The molecule has 0 saturated heterocycles. The average Bonchev–Trinajstić information content (AvgIpc) is 3.05. The lowest BCUT2D eigenvalue weighted by molar-refractivity contribution is -0.137. The van der Waals surface area contributed by atoms with E-state index in [1.54, 1.807) is 0 Å². The van der Waals surface area contributed by atoms with Crippen molar-refractivity contribution in [2.45, 2.75) is 39.0 Å². The quantitative estimate of drug-likeness (QED) is 0.228. The molecule has 0 fully saturated rings. The van der Waals surface area contributed by atoms with Crippen molar-refractivity contribution in [2.75, 3.05) is 65.9 Å². The molecule has 0 radical (unpaired) electrons. The standard InChI is InChI=1S/C21H36N2O7/c1-2-3-4-5-9-22-19(24)8-11-27-13-15-29-17-18-30-16-14-28-12-10-23-20(25)6-7-21(23)26/h6-7H,2-5,8-18H2,1H3,(H,22,24). The van der Waals surface area contributed by atoms with Crippen molar-refractivity contribution in [1.82, 2.24) is 10.2 Å². The number of unbranched alkanes of at least 4 members (excludes halogenated alkanes) is 3. The summed E-state index contributed by atoms with van der Waals surface area (Å²) in [5.74, 6) is -0.581. The molecule has 1 aliphatic rings. The van der Waals surface area contributed by atoms with Crippen molar-refractivity contribution >= 4 is 17.7 Å². The maximum atomic E-state index is 11.6. The van der Waals surface area contributed by atoms with Crippen molar-refractivity contribution in [2.24, 2.45) is 0 Å². The van der Waals surface area contributed by atoms with Crippen LogP contribution in [0.25, 0.3) is 0 Å². The molecular weight excluding hydrogens is 392 g/mol. The Morgan fingerprint density at radius 3 is 1.90 bits per heavy atom. The fourth-order valence-electron chi connectivity index (χ4n) is 2.60. The molecule has 1 heterocycles. The maximum Gasteiger partial charge on any atom is 0.253 e. The lowest BCUT2D eigenvalue weighted by Gasteiger charge is -2.13. The van der Waals surface area contributed by atoms with Crippen LogP contribution in [-0.4, -0.2) is 88.6 Å². The lowest BCUT2D eigenvalue weighted by Crippen LogP contribution is -2.33. The molecule has 0 unspecified atom stereocenters. The highest BCUT2D eigenvalue weighted by molar-refractivity contribution is 6.12. The third-order valence-corrected chi connectivity index (χ3v) is 4.30. The van der Waals surface area contributed by atoms with Crippen LogP contribution in [0.15, 0.2) is 12.2 Å². The molecule has 0 aromatic heterocycles. The zero-order chi connectivity index (χ0) is 21.9. The van der Waals surface area contributed by atoms with E-state index < -0.39 is 0 Å². The van der Waals surface area contributed by atoms with Crippen LogP contribution >= 0.6 is 0 Å². The number of hydrogen-bond donors (Lipinski definition) is 1. The van der Waals surface area contributed by atoms with Gasteiger partial charge >= 0.3 is 0 Å². The molecule has 9 heteroatoms. The fraction of sp³-hybridized carbons (Fsp3) is 0.762. The Labute approximate surface area is 179 Å². The first-order valence-electron chi connectivity index (χ1n) is 10.8. The minimum absolute atomic E-state index is 0.0262. The summed E-state index contributed by atoms with van der Waals surface area (Å²) < 4.78 is 21.5. The van der Waals surface area contributed by atoms with Gasteiger partial charge in [0.15, 0.2) is 0 Å². The van der Waals surface area contributed by atoms with Crippen molar-refractivity contribution in [3.8, 4) is 0 Å². The first kappa shape index (κ1) is 26.2. The molecule has 0 saturated carbocycles. The van der Waals surface area contributed by atoms with Crippen LogP contribution < -0.4 is 5.32 Å². The van der Waals surface area contributed by atoms with E-state index in [0.717, 1.165) is 24.3 Å². The summed E-state index contributed by atoms with van der Waals surface area (Å²) in [6.07, 6.45) is 7.46. The molecule has 1 N–H and O–H groups in total. The van der Waals surface area contributed by atoms with E-state index >= 15 is 0 Å². The SMILES string of the molecule is CCCCCCNC(=O)CCOCCOCCOCCOCCN1C(=O)C=CC1=O. The zero-order valence-electron chi connectivity index (χ0n) is 18.1. The van der Waals surface area contributed by atoms with E-state index in [0.29, 0.717) is 52.7 Å². The van der Waals surface area contributed by atoms with Gasteiger partial charge in [0.05, 0.1) is 59.4 Å². The minimum atomic E-state index is -0.304. The number of carbonyl (C=O) groups excluding carboxylic acids is 3. The van der Waals surface area contributed by atoms with E-state index in [4.69, 9.17) is 18.9 Å². The van der Waals surface area contributed by atoms with Crippen molar-refractivity contribution in [3.63, 3.8) is 0 Å². The zero-order valence-corrected chi connectivity index (χ0v) is 18.1. The van der Waals surface area contributed by atoms with Crippen LogP contribution in [0.4, 0.5) is 0 Å². The minimum Gasteiger partial charge on any atom is -0.379 e. The van der Waals surface area contributed by atoms with Crippen LogP contribution in [0.3, 0.4) is 0 Å². The topological polar surface area (TPSA) is 103 Å². The number of nitrogens with zero attached hydrogens (tertiary/aromatic N) is 1. The Morgan fingerprint density at radius 1 is 0.800 bits per heavy atom. The third kappa shape index (κ3) is 13.4. The second-order valence-electron chi connectivity index (χ2n) is 6.77. The summed E-state index contributed by atoms with van der Waals surface area (Å²) in [4.78, 5) is 35.4. The number of hydrogen-bond acceptors (Lipinski definition) is 7. The summed E-state index contributed by atoms with van der Waals surface area (Å²) in [7, 11) is 0. The Bertz CT molecular complexity index is 507. The van der Waals surface area contributed by atoms with E-state index in [-0.39, 0.29) is 30.9 Å². The van der Waals surface area contributed by atoms with Gasteiger partial charge in [0, 0.05) is 25.1 Å². The van der Waals surface area contributed by atoms with Gasteiger partial charge in [-0.2, -0.15) is 0 Å². The Balaban J connectivity index is 1.75. The number of nitrogens with one attached hydrogen (secondary N) is 1. The second kappa shape index (κ2) is 18.0. The molecule has 0 spiro atoms.